The molecule has 3 aromatic rings. The second-order valence-electron chi connectivity index (χ2n) is 8.32. The fourth-order valence-electron chi connectivity index (χ4n) is 4.44. The van der Waals surface area contributed by atoms with Crippen LogP contribution in [0.15, 0.2) is 66.7 Å². The molecule has 172 valence electrons. The number of fused-ring (bicyclic) bond motifs is 1. The Balaban J connectivity index is 1.62. The zero-order chi connectivity index (χ0) is 23.4. The quantitative estimate of drug-likeness (QED) is 0.560. The van der Waals surface area contributed by atoms with E-state index in [0.29, 0.717) is 23.6 Å². The van der Waals surface area contributed by atoms with Crippen LogP contribution < -0.4 is 24.6 Å². The number of para-hydroxylation sites is 2. The largest absolute Gasteiger partial charge is 0.493 e. The molecule has 0 spiro atoms. The van der Waals surface area contributed by atoms with Gasteiger partial charge in [-0.15, -0.1) is 0 Å². The standard InChI is InChI=1S/C27H31N3O3/c1-29(2)21-14-12-20(13-15-21)24(30-17-16-19-8-5-6-10-23(19)30)18-28-27(31)22-9-7-11-25(32-3)26(22)33-4/h5-15,24H,16-18H2,1-4H3,(H,28,31). The second kappa shape index (κ2) is 9.86. The van der Waals surface area contributed by atoms with Gasteiger partial charge >= 0.3 is 0 Å². The Morgan fingerprint density at radius 3 is 2.45 bits per heavy atom. The molecule has 1 N–H and O–H groups in total. The highest BCUT2D eigenvalue weighted by Gasteiger charge is 2.28. The fourth-order valence-corrected chi connectivity index (χ4v) is 4.44. The summed E-state index contributed by atoms with van der Waals surface area (Å²) in [5, 5.41) is 3.14. The Hall–Kier alpha value is -3.67. The van der Waals surface area contributed by atoms with E-state index in [1.807, 2.05) is 14.1 Å². The van der Waals surface area contributed by atoms with Crippen molar-refractivity contribution in [3.63, 3.8) is 0 Å². The maximum absolute atomic E-state index is 13.2. The first-order valence-corrected chi connectivity index (χ1v) is 11.1. The van der Waals surface area contributed by atoms with Crippen LogP contribution in [-0.4, -0.2) is 47.3 Å². The zero-order valence-electron chi connectivity index (χ0n) is 19.7. The van der Waals surface area contributed by atoms with Gasteiger partial charge in [-0.3, -0.25) is 4.79 Å². The van der Waals surface area contributed by atoms with Crippen LogP contribution in [0.5, 0.6) is 11.5 Å². The van der Waals surface area contributed by atoms with Crippen LogP contribution in [0.25, 0.3) is 0 Å². The molecule has 1 unspecified atom stereocenters. The van der Waals surface area contributed by atoms with Gasteiger partial charge < -0.3 is 24.6 Å². The molecule has 1 aliphatic rings. The monoisotopic (exact) mass is 445 g/mol. The molecule has 0 saturated heterocycles. The van der Waals surface area contributed by atoms with Crippen LogP contribution in [0.4, 0.5) is 11.4 Å². The highest BCUT2D eigenvalue weighted by molar-refractivity contribution is 5.97. The van der Waals surface area contributed by atoms with Crippen molar-refractivity contribution in [2.24, 2.45) is 0 Å². The molecule has 1 heterocycles. The number of anilines is 2. The van der Waals surface area contributed by atoms with Crippen molar-refractivity contribution < 1.29 is 14.3 Å². The van der Waals surface area contributed by atoms with E-state index in [9.17, 15) is 4.79 Å². The number of methoxy groups -OCH3 is 2. The smallest absolute Gasteiger partial charge is 0.255 e. The highest BCUT2D eigenvalue weighted by atomic mass is 16.5. The van der Waals surface area contributed by atoms with Gasteiger partial charge in [0, 0.05) is 38.6 Å². The molecule has 0 bridgehead atoms. The molecule has 0 saturated carbocycles. The first kappa shape index (κ1) is 22.5. The van der Waals surface area contributed by atoms with Crippen molar-refractivity contribution in [3.05, 3.63) is 83.4 Å². The van der Waals surface area contributed by atoms with E-state index < -0.39 is 0 Å². The number of rotatable bonds is 8. The van der Waals surface area contributed by atoms with Crippen LogP contribution in [0.1, 0.15) is 27.5 Å². The number of benzene rings is 3. The summed E-state index contributed by atoms with van der Waals surface area (Å²) in [4.78, 5) is 17.6. The van der Waals surface area contributed by atoms with E-state index in [-0.39, 0.29) is 11.9 Å². The summed E-state index contributed by atoms with van der Waals surface area (Å²) in [6.45, 7) is 1.38. The fraction of sp³-hybridized carbons (Fsp3) is 0.296. The maximum Gasteiger partial charge on any atom is 0.255 e. The lowest BCUT2D eigenvalue weighted by atomic mass is 10.0. The van der Waals surface area contributed by atoms with Gasteiger partial charge in [0.15, 0.2) is 11.5 Å². The summed E-state index contributed by atoms with van der Waals surface area (Å²) in [5.74, 6) is 0.790. The van der Waals surface area contributed by atoms with Crippen molar-refractivity contribution in [1.29, 1.82) is 0 Å². The Morgan fingerprint density at radius 1 is 1.00 bits per heavy atom. The molecular weight excluding hydrogens is 414 g/mol. The van der Waals surface area contributed by atoms with Crippen molar-refractivity contribution in [1.82, 2.24) is 5.32 Å². The highest BCUT2D eigenvalue weighted by Crippen LogP contribution is 2.36. The third-order valence-electron chi connectivity index (χ3n) is 6.20. The average molecular weight is 446 g/mol. The topological polar surface area (TPSA) is 54.0 Å². The number of hydrogen-bond acceptors (Lipinski definition) is 5. The minimum atomic E-state index is -0.187. The molecule has 33 heavy (non-hydrogen) atoms. The van der Waals surface area contributed by atoms with Gasteiger partial charge in [0.25, 0.3) is 5.91 Å². The molecule has 1 amide bonds. The number of nitrogens with one attached hydrogen (secondary N) is 1. The van der Waals surface area contributed by atoms with Crippen molar-refractivity contribution in [2.45, 2.75) is 12.5 Å². The van der Waals surface area contributed by atoms with Crippen LogP contribution in [0, 0.1) is 0 Å². The summed E-state index contributed by atoms with van der Waals surface area (Å²) < 4.78 is 10.8. The SMILES string of the molecule is COc1cccc(C(=O)NCC(c2ccc(N(C)C)cc2)N2CCc3ccccc32)c1OC. The Labute approximate surface area is 195 Å². The minimum Gasteiger partial charge on any atom is -0.493 e. The number of ether oxygens (including phenoxy) is 2. The van der Waals surface area contributed by atoms with Crippen molar-refractivity contribution in [3.8, 4) is 11.5 Å². The molecule has 0 radical (unpaired) electrons. The Morgan fingerprint density at radius 2 is 1.76 bits per heavy atom. The summed E-state index contributed by atoms with van der Waals surface area (Å²) in [5.41, 5.74) is 5.33. The molecule has 3 aromatic carbocycles. The van der Waals surface area contributed by atoms with Gasteiger partial charge in [-0.05, 0) is 47.9 Å². The number of hydrogen-bond donors (Lipinski definition) is 1. The van der Waals surface area contributed by atoms with Crippen LogP contribution in [0.3, 0.4) is 0 Å². The normalized spacial score (nSPS) is 13.3. The van der Waals surface area contributed by atoms with E-state index in [1.54, 1.807) is 32.4 Å². The molecular formula is C27H31N3O3. The van der Waals surface area contributed by atoms with Gasteiger partial charge in [-0.25, -0.2) is 0 Å². The lowest BCUT2D eigenvalue weighted by Crippen LogP contribution is -2.37. The summed E-state index contributed by atoms with van der Waals surface area (Å²) in [6, 6.07) is 22.4. The lowest BCUT2D eigenvalue weighted by molar-refractivity contribution is 0.0947. The Kier molecular flexibility index (Phi) is 6.73. The third-order valence-corrected chi connectivity index (χ3v) is 6.20. The third kappa shape index (κ3) is 4.60. The van der Waals surface area contributed by atoms with Gasteiger partial charge in [0.1, 0.15) is 0 Å². The number of carbonyl (C=O) groups is 1. The van der Waals surface area contributed by atoms with E-state index in [1.165, 1.54) is 11.3 Å². The molecule has 1 aliphatic heterocycles. The molecule has 6 heteroatoms. The molecule has 0 aromatic heterocycles. The predicted molar refractivity (Wildman–Crippen MR) is 133 cm³/mol. The molecule has 0 fully saturated rings. The van der Waals surface area contributed by atoms with Gasteiger partial charge in [-0.1, -0.05) is 36.4 Å². The van der Waals surface area contributed by atoms with Crippen LogP contribution >= 0.6 is 0 Å². The van der Waals surface area contributed by atoms with Gasteiger partial charge in [-0.2, -0.15) is 0 Å². The summed E-state index contributed by atoms with van der Waals surface area (Å²) in [7, 11) is 7.18. The molecule has 0 aliphatic carbocycles. The van der Waals surface area contributed by atoms with Gasteiger partial charge in [0.05, 0.1) is 25.8 Å². The van der Waals surface area contributed by atoms with Gasteiger partial charge in [0.2, 0.25) is 0 Å². The number of nitrogens with zero attached hydrogens (tertiary/aromatic N) is 2. The number of amides is 1. The van der Waals surface area contributed by atoms with Crippen molar-refractivity contribution in [2.75, 3.05) is 51.2 Å². The van der Waals surface area contributed by atoms with Crippen LogP contribution in [0.2, 0.25) is 0 Å². The minimum absolute atomic E-state index is 0.00501. The van der Waals surface area contributed by atoms with E-state index in [4.69, 9.17) is 9.47 Å². The molecule has 4 rings (SSSR count). The first-order chi connectivity index (χ1) is 16.0. The summed E-state index contributed by atoms with van der Waals surface area (Å²) >= 11 is 0. The number of carbonyl (C=O) groups excluding carboxylic acids is 1. The predicted octanol–water partition coefficient (Wildman–Crippen LogP) is 4.30. The van der Waals surface area contributed by atoms with E-state index in [2.05, 4.69) is 63.6 Å². The van der Waals surface area contributed by atoms with E-state index in [0.717, 1.165) is 24.2 Å². The zero-order valence-corrected chi connectivity index (χ0v) is 19.7. The molecule has 1 atom stereocenters. The maximum atomic E-state index is 13.2. The molecule has 6 nitrogen and oxygen atoms in total. The Bertz CT molecular complexity index is 1110. The van der Waals surface area contributed by atoms with Crippen LogP contribution in [-0.2, 0) is 6.42 Å². The second-order valence-corrected chi connectivity index (χ2v) is 8.32. The van der Waals surface area contributed by atoms with Crippen molar-refractivity contribution >= 4 is 17.3 Å². The lowest BCUT2D eigenvalue weighted by Gasteiger charge is -2.31. The first-order valence-electron chi connectivity index (χ1n) is 11.1. The average Bonchev–Trinajstić information content (AvgIpc) is 3.27. The van der Waals surface area contributed by atoms with E-state index >= 15 is 0 Å². The summed E-state index contributed by atoms with van der Waals surface area (Å²) in [6.07, 6.45) is 1.00.